The van der Waals surface area contributed by atoms with Crippen molar-refractivity contribution in [3.05, 3.63) is 39.2 Å². The first kappa shape index (κ1) is 12.9. The van der Waals surface area contributed by atoms with E-state index >= 15 is 0 Å². The Labute approximate surface area is 118 Å². The number of halogens is 3. The summed E-state index contributed by atoms with van der Waals surface area (Å²) < 4.78 is 0. The number of hydrogen-bond acceptors (Lipinski definition) is 4. The van der Waals surface area contributed by atoms with Crippen molar-refractivity contribution in [2.45, 2.75) is 17.1 Å². The van der Waals surface area contributed by atoms with Gasteiger partial charge in [-0.25, -0.2) is 15.0 Å². The molecule has 0 bridgehead atoms. The molecule has 0 saturated carbocycles. The molecule has 0 amide bonds. The van der Waals surface area contributed by atoms with E-state index in [1.807, 2.05) is 13.0 Å². The summed E-state index contributed by atoms with van der Waals surface area (Å²) in [6.45, 7) is 1.88. The first-order chi connectivity index (χ1) is 8.06. The van der Waals surface area contributed by atoms with Gasteiger partial charge in [0.05, 0.1) is 10.0 Å². The van der Waals surface area contributed by atoms with Gasteiger partial charge in [-0.15, -0.1) is 0 Å². The second-order valence-corrected chi connectivity index (χ2v) is 5.26. The van der Waals surface area contributed by atoms with Crippen LogP contribution < -0.4 is 0 Å². The minimum absolute atomic E-state index is 0.214. The van der Waals surface area contributed by atoms with Crippen molar-refractivity contribution in [1.29, 1.82) is 0 Å². The van der Waals surface area contributed by atoms with Crippen molar-refractivity contribution in [3.63, 3.8) is 0 Å². The summed E-state index contributed by atoms with van der Waals surface area (Å²) in [5.41, 5.74) is 0.874. The Morgan fingerprint density at radius 1 is 1.12 bits per heavy atom. The second-order valence-electron chi connectivity index (χ2n) is 3.13. The van der Waals surface area contributed by atoms with Gasteiger partial charge in [0.25, 0.3) is 0 Å². The highest BCUT2D eigenvalue weighted by molar-refractivity contribution is 7.99. The zero-order chi connectivity index (χ0) is 12.4. The normalized spacial score (nSPS) is 10.6. The Kier molecular flexibility index (Phi) is 4.09. The third kappa shape index (κ3) is 3.22. The van der Waals surface area contributed by atoms with Crippen molar-refractivity contribution < 1.29 is 0 Å². The third-order valence-corrected chi connectivity index (χ3v) is 3.77. The first-order valence-electron chi connectivity index (χ1n) is 4.55. The van der Waals surface area contributed by atoms with E-state index in [1.165, 1.54) is 11.8 Å². The van der Waals surface area contributed by atoms with Crippen molar-refractivity contribution in [2.75, 3.05) is 0 Å². The molecule has 0 N–H and O–H groups in total. The van der Waals surface area contributed by atoms with Crippen LogP contribution in [-0.2, 0) is 0 Å². The van der Waals surface area contributed by atoms with Crippen LogP contribution in [0.15, 0.2) is 28.5 Å². The predicted octanol–water partition coefficient (Wildman–Crippen LogP) is 4.29. The molecule has 2 aromatic rings. The molecule has 0 aliphatic carbocycles. The largest absolute Gasteiger partial charge is 0.231 e. The number of pyridine rings is 1. The van der Waals surface area contributed by atoms with Gasteiger partial charge >= 0.3 is 0 Å². The van der Waals surface area contributed by atoms with Gasteiger partial charge < -0.3 is 0 Å². The molecule has 17 heavy (non-hydrogen) atoms. The molecule has 0 fully saturated rings. The van der Waals surface area contributed by atoms with Gasteiger partial charge in [0.15, 0.2) is 5.16 Å². The Bertz CT molecular complexity index is 562. The number of hydrogen-bond donors (Lipinski definition) is 0. The van der Waals surface area contributed by atoms with Gasteiger partial charge in [0.2, 0.25) is 0 Å². The van der Waals surface area contributed by atoms with Crippen molar-refractivity contribution in [1.82, 2.24) is 15.0 Å². The molecule has 7 heteroatoms. The molecule has 2 rings (SSSR count). The molecular weight excluding hydrogens is 301 g/mol. The van der Waals surface area contributed by atoms with Crippen molar-refractivity contribution in [3.8, 4) is 0 Å². The van der Waals surface area contributed by atoms with Gasteiger partial charge in [0, 0.05) is 11.9 Å². The maximum atomic E-state index is 6.01. The average Bonchev–Trinajstić information content (AvgIpc) is 2.26. The Morgan fingerprint density at radius 3 is 2.59 bits per heavy atom. The lowest BCUT2D eigenvalue weighted by Gasteiger charge is -2.04. The van der Waals surface area contributed by atoms with Crippen LogP contribution in [0.3, 0.4) is 0 Å². The SMILES string of the molecule is Cc1ccnc(Sc2nc(Cl)c(Cl)cc2Cl)n1. The zero-order valence-corrected chi connectivity index (χ0v) is 11.7. The molecule has 0 aliphatic rings. The number of rotatable bonds is 2. The van der Waals surface area contributed by atoms with E-state index < -0.39 is 0 Å². The fourth-order valence-corrected chi connectivity index (χ4v) is 2.49. The first-order valence-corrected chi connectivity index (χ1v) is 6.50. The van der Waals surface area contributed by atoms with Crippen LogP contribution in [0.4, 0.5) is 0 Å². The summed E-state index contributed by atoms with van der Waals surface area (Å²) >= 11 is 18.9. The van der Waals surface area contributed by atoms with Crippen LogP contribution in [0.5, 0.6) is 0 Å². The summed E-state index contributed by atoms with van der Waals surface area (Å²) in [5, 5.41) is 2.07. The molecule has 0 unspecified atom stereocenters. The number of aryl methyl sites for hydroxylation is 1. The monoisotopic (exact) mass is 305 g/mol. The van der Waals surface area contributed by atoms with Crippen LogP contribution >= 0.6 is 46.6 Å². The second kappa shape index (κ2) is 5.40. The van der Waals surface area contributed by atoms with Gasteiger partial charge in [-0.3, -0.25) is 0 Å². The standard InChI is InChI=1S/C10H6Cl3N3S/c1-5-2-3-14-10(15-5)17-9-7(12)4-6(11)8(13)16-9/h2-4H,1H3. The summed E-state index contributed by atoms with van der Waals surface area (Å²) in [6, 6.07) is 3.37. The molecule has 0 aromatic carbocycles. The van der Waals surface area contributed by atoms with Gasteiger partial charge in [-0.2, -0.15) is 0 Å². The van der Waals surface area contributed by atoms with E-state index in [4.69, 9.17) is 34.8 Å². The molecule has 0 atom stereocenters. The van der Waals surface area contributed by atoms with E-state index in [-0.39, 0.29) is 5.15 Å². The molecule has 0 radical (unpaired) electrons. The highest BCUT2D eigenvalue weighted by Gasteiger charge is 2.10. The molecule has 3 nitrogen and oxygen atoms in total. The fourth-order valence-electron chi connectivity index (χ4n) is 1.06. The summed E-state index contributed by atoms with van der Waals surface area (Å²) in [7, 11) is 0. The van der Waals surface area contributed by atoms with Crippen LogP contribution in [0.1, 0.15) is 5.69 Å². The van der Waals surface area contributed by atoms with Crippen LogP contribution in [0, 0.1) is 6.92 Å². The minimum Gasteiger partial charge on any atom is -0.231 e. The van der Waals surface area contributed by atoms with Crippen LogP contribution in [-0.4, -0.2) is 15.0 Å². The van der Waals surface area contributed by atoms with Crippen molar-refractivity contribution in [2.24, 2.45) is 0 Å². The third-order valence-electron chi connectivity index (χ3n) is 1.82. The lowest BCUT2D eigenvalue weighted by atomic mass is 10.5. The summed E-state index contributed by atoms with van der Waals surface area (Å²) in [6.07, 6.45) is 1.68. The summed E-state index contributed by atoms with van der Waals surface area (Å²) in [4.78, 5) is 12.4. The molecule has 2 aromatic heterocycles. The van der Waals surface area contributed by atoms with Gasteiger partial charge in [0.1, 0.15) is 10.2 Å². The average molecular weight is 307 g/mol. The molecule has 0 aliphatic heterocycles. The van der Waals surface area contributed by atoms with Crippen LogP contribution in [0.2, 0.25) is 15.2 Å². The van der Waals surface area contributed by atoms with Crippen molar-refractivity contribution >= 4 is 46.6 Å². The Balaban J connectivity index is 2.33. The molecule has 88 valence electrons. The lowest BCUT2D eigenvalue weighted by Crippen LogP contribution is -1.90. The molecule has 2 heterocycles. The van der Waals surface area contributed by atoms with Crippen LogP contribution in [0.25, 0.3) is 0 Å². The fraction of sp³-hybridized carbons (Fsp3) is 0.100. The number of nitrogens with zero attached hydrogens (tertiary/aromatic N) is 3. The number of aromatic nitrogens is 3. The highest BCUT2D eigenvalue weighted by atomic mass is 35.5. The topological polar surface area (TPSA) is 38.7 Å². The molecule has 0 spiro atoms. The van der Waals surface area contributed by atoms with Gasteiger partial charge in [-0.1, -0.05) is 34.8 Å². The van der Waals surface area contributed by atoms with E-state index in [1.54, 1.807) is 12.3 Å². The maximum Gasteiger partial charge on any atom is 0.194 e. The smallest absolute Gasteiger partial charge is 0.194 e. The van der Waals surface area contributed by atoms with E-state index in [0.717, 1.165) is 5.69 Å². The molecule has 0 saturated heterocycles. The minimum atomic E-state index is 0.214. The Hall–Kier alpha value is -0.550. The van der Waals surface area contributed by atoms with E-state index in [2.05, 4.69) is 15.0 Å². The predicted molar refractivity (Wildman–Crippen MR) is 70.2 cm³/mol. The summed E-state index contributed by atoms with van der Waals surface area (Å²) in [5.74, 6) is 0. The molecular formula is C10H6Cl3N3S. The van der Waals surface area contributed by atoms with E-state index in [9.17, 15) is 0 Å². The zero-order valence-electron chi connectivity index (χ0n) is 8.62. The Morgan fingerprint density at radius 2 is 1.88 bits per heavy atom. The lowest BCUT2D eigenvalue weighted by molar-refractivity contribution is 0.928. The maximum absolute atomic E-state index is 6.01. The highest BCUT2D eigenvalue weighted by Crippen LogP contribution is 2.34. The quantitative estimate of drug-likeness (QED) is 0.613. The van der Waals surface area contributed by atoms with Gasteiger partial charge in [-0.05, 0) is 30.8 Å². The van der Waals surface area contributed by atoms with E-state index in [0.29, 0.717) is 20.2 Å².